The number of rotatable bonds is 5. The SMILES string of the molecule is CC(N)CC(=O)N(Cc1ccc(F)cc1)C1CC1. The molecule has 0 spiro atoms. The summed E-state index contributed by atoms with van der Waals surface area (Å²) in [5, 5.41) is 0. The van der Waals surface area contributed by atoms with Crippen LogP contribution in [0.3, 0.4) is 0 Å². The van der Waals surface area contributed by atoms with Gasteiger partial charge in [-0.1, -0.05) is 12.1 Å². The summed E-state index contributed by atoms with van der Waals surface area (Å²) in [4.78, 5) is 13.9. The smallest absolute Gasteiger partial charge is 0.224 e. The van der Waals surface area contributed by atoms with Gasteiger partial charge in [-0.2, -0.15) is 0 Å². The van der Waals surface area contributed by atoms with Crippen molar-refractivity contribution in [3.05, 3.63) is 35.6 Å². The zero-order valence-electron chi connectivity index (χ0n) is 10.6. The number of carbonyl (C=O) groups is 1. The van der Waals surface area contributed by atoms with Gasteiger partial charge in [0.25, 0.3) is 0 Å². The summed E-state index contributed by atoms with van der Waals surface area (Å²) in [6.45, 7) is 2.39. The van der Waals surface area contributed by atoms with Crippen molar-refractivity contribution in [3.8, 4) is 0 Å². The van der Waals surface area contributed by atoms with Crippen LogP contribution in [-0.4, -0.2) is 22.9 Å². The molecule has 1 atom stereocenters. The van der Waals surface area contributed by atoms with E-state index in [0.29, 0.717) is 19.0 Å². The van der Waals surface area contributed by atoms with E-state index in [-0.39, 0.29) is 17.8 Å². The van der Waals surface area contributed by atoms with Crippen molar-refractivity contribution in [1.29, 1.82) is 0 Å². The summed E-state index contributed by atoms with van der Waals surface area (Å²) in [6, 6.07) is 6.54. The van der Waals surface area contributed by atoms with Crippen LogP contribution >= 0.6 is 0 Å². The number of hydrogen-bond acceptors (Lipinski definition) is 2. The summed E-state index contributed by atoms with van der Waals surface area (Å²) in [5.74, 6) is -0.157. The molecule has 18 heavy (non-hydrogen) atoms. The third-order valence-corrected chi connectivity index (χ3v) is 3.07. The van der Waals surface area contributed by atoms with E-state index in [1.54, 1.807) is 12.1 Å². The summed E-state index contributed by atoms with van der Waals surface area (Å²) in [6.07, 6.45) is 2.50. The fourth-order valence-electron chi connectivity index (χ4n) is 1.99. The van der Waals surface area contributed by atoms with Gasteiger partial charge in [0.15, 0.2) is 0 Å². The Morgan fingerprint density at radius 3 is 2.56 bits per heavy atom. The zero-order valence-corrected chi connectivity index (χ0v) is 10.6. The molecule has 1 aromatic carbocycles. The minimum absolute atomic E-state index is 0.0943. The molecule has 1 aromatic rings. The van der Waals surface area contributed by atoms with Gasteiger partial charge in [-0.3, -0.25) is 4.79 Å². The highest BCUT2D eigenvalue weighted by Gasteiger charge is 2.32. The van der Waals surface area contributed by atoms with Crippen LogP contribution in [0, 0.1) is 5.82 Å². The van der Waals surface area contributed by atoms with Crippen LogP contribution in [0.1, 0.15) is 31.7 Å². The molecule has 0 bridgehead atoms. The lowest BCUT2D eigenvalue weighted by molar-refractivity contribution is -0.132. The van der Waals surface area contributed by atoms with Crippen molar-refractivity contribution in [2.24, 2.45) is 5.73 Å². The second kappa shape index (κ2) is 5.48. The van der Waals surface area contributed by atoms with Gasteiger partial charge in [-0.15, -0.1) is 0 Å². The molecule has 2 N–H and O–H groups in total. The molecule has 0 radical (unpaired) electrons. The van der Waals surface area contributed by atoms with Gasteiger partial charge in [0.1, 0.15) is 5.82 Å². The maximum atomic E-state index is 12.8. The number of carbonyl (C=O) groups excluding carboxylic acids is 1. The van der Waals surface area contributed by atoms with E-state index in [1.807, 2.05) is 11.8 Å². The van der Waals surface area contributed by atoms with Crippen LogP contribution in [0.4, 0.5) is 4.39 Å². The summed E-state index contributed by atoms with van der Waals surface area (Å²) in [7, 11) is 0. The van der Waals surface area contributed by atoms with Crippen LogP contribution in [0.25, 0.3) is 0 Å². The van der Waals surface area contributed by atoms with Gasteiger partial charge in [0.05, 0.1) is 0 Å². The Labute approximate surface area is 107 Å². The third kappa shape index (κ3) is 3.53. The van der Waals surface area contributed by atoms with Crippen LogP contribution in [0.2, 0.25) is 0 Å². The van der Waals surface area contributed by atoms with Gasteiger partial charge >= 0.3 is 0 Å². The Balaban J connectivity index is 2.02. The van der Waals surface area contributed by atoms with Gasteiger partial charge in [0.2, 0.25) is 5.91 Å². The highest BCUT2D eigenvalue weighted by molar-refractivity contribution is 5.77. The minimum Gasteiger partial charge on any atom is -0.335 e. The molecule has 1 aliphatic rings. The first kappa shape index (κ1) is 13.0. The van der Waals surface area contributed by atoms with Crippen LogP contribution in [0.5, 0.6) is 0 Å². The van der Waals surface area contributed by atoms with E-state index in [4.69, 9.17) is 5.73 Å². The van der Waals surface area contributed by atoms with Gasteiger partial charge < -0.3 is 10.6 Å². The molecule has 1 amide bonds. The van der Waals surface area contributed by atoms with Crippen molar-refractivity contribution in [2.75, 3.05) is 0 Å². The van der Waals surface area contributed by atoms with Crippen molar-refractivity contribution in [3.63, 3.8) is 0 Å². The monoisotopic (exact) mass is 250 g/mol. The molecular formula is C14H19FN2O. The van der Waals surface area contributed by atoms with Crippen molar-refractivity contribution in [1.82, 2.24) is 4.90 Å². The normalized spacial score (nSPS) is 16.4. The number of nitrogens with two attached hydrogens (primary N) is 1. The minimum atomic E-state index is -0.251. The average molecular weight is 250 g/mol. The summed E-state index contributed by atoms with van der Waals surface area (Å²) < 4.78 is 12.8. The maximum absolute atomic E-state index is 12.8. The van der Waals surface area contributed by atoms with E-state index >= 15 is 0 Å². The standard InChI is InChI=1S/C14H19FN2O/c1-10(16)8-14(18)17(13-6-7-13)9-11-2-4-12(15)5-3-11/h2-5,10,13H,6-9,16H2,1H3. The van der Waals surface area contributed by atoms with E-state index in [0.717, 1.165) is 18.4 Å². The lowest BCUT2D eigenvalue weighted by Crippen LogP contribution is -2.36. The summed E-state index contributed by atoms with van der Waals surface area (Å²) >= 11 is 0. The molecular weight excluding hydrogens is 231 g/mol. The first-order valence-corrected chi connectivity index (χ1v) is 6.36. The first-order chi connectivity index (χ1) is 8.56. The fraction of sp³-hybridized carbons (Fsp3) is 0.500. The molecule has 1 unspecified atom stereocenters. The van der Waals surface area contributed by atoms with Gasteiger partial charge in [0, 0.05) is 25.0 Å². The molecule has 4 heteroatoms. The average Bonchev–Trinajstić information content (AvgIpc) is 3.11. The molecule has 0 saturated heterocycles. The van der Waals surface area contributed by atoms with E-state index in [1.165, 1.54) is 12.1 Å². The Bertz CT molecular complexity index is 412. The number of benzene rings is 1. The number of hydrogen-bond donors (Lipinski definition) is 1. The van der Waals surface area contributed by atoms with E-state index in [9.17, 15) is 9.18 Å². The lowest BCUT2D eigenvalue weighted by Gasteiger charge is -2.23. The van der Waals surface area contributed by atoms with Gasteiger partial charge in [-0.25, -0.2) is 4.39 Å². The molecule has 98 valence electrons. The van der Waals surface area contributed by atoms with Gasteiger partial charge in [-0.05, 0) is 37.5 Å². The zero-order chi connectivity index (χ0) is 13.1. The van der Waals surface area contributed by atoms with Crippen molar-refractivity contribution >= 4 is 5.91 Å². The van der Waals surface area contributed by atoms with Crippen molar-refractivity contribution in [2.45, 2.75) is 44.8 Å². The molecule has 1 saturated carbocycles. The molecule has 2 rings (SSSR count). The molecule has 3 nitrogen and oxygen atoms in total. The number of nitrogens with zero attached hydrogens (tertiary/aromatic N) is 1. The predicted octanol–water partition coefficient (Wildman–Crippen LogP) is 2.05. The Morgan fingerprint density at radius 1 is 1.44 bits per heavy atom. The predicted molar refractivity (Wildman–Crippen MR) is 68.2 cm³/mol. The Kier molecular flexibility index (Phi) is 3.97. The highest BCUT2D eigenvalue weighted by Crippen LogP contribution is 2.29. The second-order valence-corrected chi connectivity index (χ2v) is 5.06. The molecule has 0 aliphatic heterocycles. The molecule has 0 heterocycles. The first-order valence-electron chi connectivity index (χ1n) is 6.36. The quantitative estimate of drug-likeness (QED) is 0.869. The third-order valence-electron chi connectivity index (χ3n) is 3.07. The van der Waals surface area contributed by atoms with Crippen molar-refractivity contribution < 1.29 is 9.18 Å². The topological polar surface area (TPSA) is 46.3 Å². The van der Waals surface area contributed by atoms with Crippen LogP contribution in [-0.2, 0) is 11.3 Å². The van der Waals surface area contributed by atoms with Crippen LogP contribution in [0.15, 0.2) is 24.3 Å². The fourth-order valence-corrected chi connectivity index (χ4v) is 1.99. The maximum Gasteiger partial charge on any atom is 0.224 e. The van der Waals surface area contributed by atoms with Crippen LogP contribution < -0.4 is 5.73 Å². The Morgan fingerprint density at radius 2 is 2.06 bits per heavy atom. The molecule has 0 aromatic heterocycles. The Hall–Kier alpha value is -1.42. The number of amides is 1. The highest BCUT2D eigenvalue weighted by atomic mass is 19.1. The number of halogens is 1. The largest absolute Gasteiger partial charge is 0.335 e. The second-order valence-electron chi connectivity index (χ2n) is 5.06. The van der Waals surface area contributed by atoms with E-state index in [2.05, 4.69) is 0 Å². The molecule has 1 aliphatic carbocycles. The molecule has 1 fully saturated rings. The lowest BCUT2D eigenvalue weighted by atomic mass is 10.1. The van der Waals surface area contributed by atoms with E-state index < -0.39 is 0 Å². The summed E-state index contributed by atoms with van der Waals surface area (Å²) in [5.41, 5.74) is 6.63.